The van der Waals surface area contributed by atoms with Gasteiger partial charge in [-0.1, -0.05) is 131 Å². The van der Waals surface area contributed by atoms with Crippen molar-refractivity contribution in [3.05, 3.63) is 197 Å². The van der Waals surface area contributed by atoms with Crippen LogP contribution in [0.5, 0.6) is 0 Å². The van der Waals surface area contributed by atoms with Crippen LogP contribution in [0, 0.1) is 0 Å². The third kappa shape index (κ3) is 17.9. The Morgan fingerprint density at radius 1 is 0.462 bits per heavy atom. The molecule has 5 aliphatic rings. The van der Waals surface area contributed by atoms with Crippen molar-refractivity contribution in [1.82, 2.24) is 19.6 Å². The molecule has 0 aliphatic carbocycles. The minimum absolute atomic E-state index is 0.469. The topological polar surface area (TPSA) is 22.7 Å². The minimum atomic E-state index is -4.33. The van der Waals surface area contributed by atoms with Gasteiger partial charge in [0.15, 0.2) is 0 Å². The summed E-state index contributed by atoms with van der Waals surface area (Å²) in [7, 11) is 14.8. The number of nitrogens with zero attached hydrogens (tertiary/aromatic N) is 7. The van der Waals surface area contributed by atoms with Crippen molar-refractivity contribution in [2.45, 2.75) is 114 Å². The zero-order valence-electron chi connectivity index (χ0n) is 53.5. The molecular formula is C74H84Cl2F3N7S5. The Bertz CT molecular complexity index is 3610. The van der Waals surface area contributed by atoms with E-state index in [0.29, 0.717) is 18.2 Å². The number of fused-ring (bicyclic) bond motifs is 8. The molecule has 13 rings (SSSR count). The average Bonchev–Trinajstić information content (AvgIpc) is 1.33. The standard InChI is InChI=1S/C21H26N2S2.C18H20ClNS.C18H19F3N2S.C17H19ClN2S/c1-22-13-6-5-7-16(22)12-14-23-18-8-3-4-9-20(18)25-21-11-10-17(24-2)15-19(21)23;1-20(2)11-5-7-14-15-6-3-4-8-17(15)21-18-10-9-13(19)12-16(14)18;1-22(2)10-5-11-23-14-6-3-4-7-16(14)24-17-9-8-13(12-15(17)23)18(19,20)21;1-19(2)10-5-11-20-14-6-3-4-7-16(14)21-17-9-8-13(18)12-15(17)20/h3-4,8-11,15-16H,5-7,12-14H2,1-2H3;3-4,6,8-10,12,14H,5,7,11H2,1-2H3;3-4,6-9,12H,5,10-11H2,1-2H3;3-4,6-9,12H,5,10-11H2,1-2H3. The van der Waals surface area contributed by atoms with Crippen LogP contribution >= 0.6 is 82.0 Å². The molecule has 8 aromatic carbocycles. The molecule has 0 spiro atoms. The van der Waals surface area contributed by atoms with E-state index in [4.69, 9.17) is 23.2 Å². The van der Waals surface area contributed by atoms with Gasteiger partial charge in [-0.2, -0.15) is 13.2 Å². The van der Waals surface area contributed by atoms with Crippen LogP contribution in [0.15, 0.2) is 214 Å². The SMILES string of the molecule is CN(C)CCCC1c2ccccc2Sc2ccc(Cl)cc21.CN(C)CCCN1c2ccccc2Sc2ccc(C(F)(F)F)cc21.CN(C)CCCN1c2ccccc2Sc2ccc(Cl)cc21.CSc1ccc2c(c1)N(CCC1CCCCN1C)c1ccccc1S2. The van der Waals surface area contributed by atoms with Gasteiger partial charge in [0.05, 0.1) is 39.7 Å². The maximum atomic E-state index is 13.1. The Balaban J connectivity index is 0.000000134. The monoisotopic (exact) mass is 1360 g/mol. The summed E-state index contributed by atoms with van der Waals surface area (Å²) < 4.78 is 39.3. The third-order valence-electron chi connectivity index (χ3n) is 16.9. The highest BCUT2D eigenvalue weighted by Crippen LogP contribution is 2.53. The molecule has 8 aromatic rings. The number of piperidine rings is 1. The van der Waals surface area contributed by atoms with Crippen molar-refractivity contribution in [3.8, 4) is 0 Å². The maximum absolute atomic E-state index is 13.1. The molecule has 0 bridgehead atoms. The van der Waals surface area contributed by atoms with Gasteiger partial charge in [-0.25, -0.2) is 0 Å². The first-order valence-electron chi connectivity index (χ1n) is 31.4. The number of thioether (sulfide) groups is 1. The molecule has 0 saturated carbocycles. The van der Waals surface area contributed by atoms with Crippen molar-refractivity contribution in [2.24, 2.45) is 0 Å². The van der Waals surface area contributed by atoms with E-state index < -0.39 is 11.7 Å². The molecule has 5 aliphatic heterocycles. The van der Waals surface area contributed by atoms with E-state index in [1.807, 2.05) is 102 Å². The number of hydrogen-bond acceptors (Lipinski definition) is 12. The molecule has 480 valence electrons. The highest BCUT2D eigenvalue weighted by molar-refractivity contribution is 8.00. The Kier molecular flexibility index (Phi) is 24.6. The summed E-state index contributed by atoms with van der Waals surface area (Å²) in [6.07, 6.45) is 7.52. The van der Waals surface area contributed by atoms with E-state index in [2.05, 4.69) is 186 Å². The number of benzene rings is 8. The van der Waals surface area contributed by atoms with Gasteiger partial charge in [-0.15, -0.1) is 11.8 Å². The fourth-order valence-corrected chi connectivity index (χ4v) is 17.5. The van der Waals surface area contributed by atoms with Gasteiger partial charge in [-0.3, -0.25) is 0 Å². The zero-order chi connectivity index (χ0) is 64.2. The van der Waals surface area contributed by atoms with E-state index in [9.17, 15) is 13.2 Å². The fraction of sp³-hybridized carbons (Fsp3) is 0.351. The predicted octanol–water partition coefficient (Wildman–Crippen LogP) is 21.3. The molecule has 1 saturated heterocycles. The average molecular weight is 1360 g/mol. The number of halogens is 5. The number of alkyl halides is 3. The van der Waals surface area contributed by atoms with Crippen LogP contribution in [0.4, 0.5) is 47.3 Å². The Hall–Kier alpha value is -4.88. The first kappa shape index (κ1) is 69.0. The molecule has 0 N–H and O–H groups in total. The van der Waals surface area contributed by atoms with Crippen LogP contribution < -0.4 is 14.7 Å². The van der Waals surface area contributed by atoms with Gasteiger partial charge in [0.25, 0.3) is 0 Å². The van der Waals surface area contributed by atoms with E-state index in [-0.39, 0.29) is 0 Å². The van der Waals surface area contributed by atoms with Gasteiger partial charge in [0, 0.05) is 85.7 Å². The summed E-state index contributed by atoms with van der Waals surface area (Å²) in [5.41, 5.74) is 9.15. The Morgan fingerprint density at radius 2 is 0.901 bits per heavy atom. The number of rotatable bonds is 16. The van der Waals surface area contributed by atoms with Crippen LogP contribution in [-0.2, 0) is 6.18 Å². The molecule has 7 nitrogen and oxygen atoms in total. The van der Waals surface area contributed by atoms with Gasteiger partial charge in [0.1, 0.15) is 0 Å². The van der Waals surface area contributed by atoms with Crippen LogP contribution in [0.3, 0.4) is 0 Å². The predicted molar refractivity (Wildman–Crippen MR) is 387 cm³/mol. The normalized spacial score (nSPS) is 16.1. The second-order valence-electron chi connectivity index (χ2n) is 24.3. The second kappa shape index (κ2) is 32.5. The summed E-state index contributed by atoms with van der Waals surface area (Å²) in [5.74, 6) is 0.469. The lowest BCUT2D eigenvalue weighted by Crippen LogP contribution is -2.38. The van der Waals surface area contributed by atoms with Crippen molar-refractivity contribution in [3.63, 3.8) is 0 Å². The zero-order valence-corrected chi connectivity index (χ0v) is 59.1. The first-order valence-corrected chi connectivity index (χ1v) is 36.7. The van der Waals surface area contributed by atoms with Crippen LogP contribution in [-0.4, -0.2) is 127 Å². The third-order valence-corrected chi connectivity index (χ3v) is 22.7. The summed E-state index contributed by atoms with van der Waals surface area (Å²) in [4.78, 5) is 27.5. The molecular weight excluding hydrogens is 1280 g/mol. The molecule has 2 unspecified atom stereocenters. The number of hydrogen-bond donors (Lipinski definition) is 0. The molecule has 1 fully saturated rings. The smallest absolute Gasteiger partial charge is 0.340 e. The molecule has 2 atom stereocenters. The van der Waals surface area contributed by atoms with Crippen LogP contribution in [0.2, 0.25) is 10.0 Å². The lowest BCUT2D eigenvalue weighted by Gasteiger charge is -2.37. The minimum Gasteiger partial charge on any atom is -0.340 e. The first-order chi connectivity index (χ1) is 43.9. The summed E-state index contributed by atoms with van der Waals surface area (Å²) in [6, 6.07) is 58.2. The van der Waals surface area contributed by atoms with Gasteiger partial charge in [0.2, 0.25) is 0 Å². The van der Waals surface area contributed by atoms with Gasteiger partial charge < -0.3 is 34.3 Å². The van der Waals surface area contributed by atoms with E-state index in [1.165, 1.54) is 131 Å². The van der Waals surface area contributed by atoms with Gasteiger partial charge in [-0.05, 0) is 253 Å². The molecule has 5 heterocycles. The lowest BCUT2D eigenvalue weighted by atomic mass is 9.87. The maximum Gasteiger partial charge on any atom is 0.416 e. The van der Waals surface area contributed by atoms with E-state index in [0.717, 1.165) is 83.2 Å². The quantitative estimate of drug-likeness (QED) is 0.0861. The highest BCUT2D eigenvalue weighted by atomic mass is 35.5. The summed E-state index contributed by atoms with van der Waals surface area (Å²) in [6.45, 7) is 7.14. The Morgan fingerprint density at radius 3 is 1.45 bits per heavy atom. The molecule has 0 aromatic heterocycles. The van der Waals surface area contributed by atoms with E-state index in [1.54, 1.807) is 6.07 Å². The largest absolute Gasteiger partial charge is 0.416 e. The lowest BCUT2D eigenvalue weighted by molar-refractivity contribution is -0.137. The van der Waals surface area contributed by atoms with Crippen molar-refractivity contribution in [1.29, 1.82) is 0 Å². The van der Waals surface area contributed by atoms with Crippen molar-refractivity contribution >= 4 is 116 Å². The number of para-hydroxylation sites is 3. The molecule has 91 heavy (non-hydrogen) atoms. The Labute approximate surface area is 570 Å². The van der Waals surface area contributed by atoms with E-state index >= 15 is 0 Å². The van der Waals surface area contributed by atoms with Gasteiger partial charge >= 0.3 is 6.18 Å². The van der Waals surface area contributed by atoms with Crippen LogP contribution in [0.25, 0.3) is 0 Å². The summed E-state index contributed by atoms with van der Waals surface area (Å²) >= 11 is 21.4. The number of likely N-dealkylation sites (tertiary alicyclic amines) is 1. The fourth-order valence-electron chi connectivity index (χ4n) is 12.3. The molecule has 0 radical (unpaired) electrons. The van der Waals surface area contributed by atoms with Crippen molar-refractivity contribution < 1.29 is 13.2 Å². The number of anilines is 6. The molecule has 0 amide bonds. The highest BCUT2D eigenvalue weighted by Gasteiger charge is 2.34. The van der Waals surface area contributed by atoms with Crippen LogP contribution in [0.1, 0.15) is 74.0 Å². The van der Waals surface area contributed by atoms with Crippen molar-refractivity contribution in [2.75, 3.05) is 116 Å². The summed E-state index contributed by atoms with van der Waals surface area (Å²) in [5, 5.41) is 1.64. The molecule has 17 heteroatoms. The second-order valence-corrected chi connectivity index (χ2v) is 30.4.